The van der Waals surface area contributed by atoms with Crippen LogP contribution in [0.2, 0.25) is 0 Å². The number of piperidine rings is 1. The topological polar surface area (TPSA) is 79.8 Å². The maximum atomic E-state index is 12.6. The van der Waals surface area contributed by atoms with E-state index < -0.39 is 0 Å². The van der Waals surface area contributed by atoms with Crippen molar-refractivity contribution in [1.29, 1.82) is 0 Å². The SMILES string of the molecule is COc1ccnc(NC2CCN(C(=O)C3CN(C)CCO3)CC2)n1. The molecular formula is C16H25N5O3. The van der Waals surface area contributed by atoms with Gasteiger partial charge in [0.25, 0.3) is 5.91 Å². The zero-order valence-corrected chi connectivity index (χ0v) is 14.3. The van der Waals surface area contributed by atoms with E-state index >= 15 is 0 Å². The number of ether oxygens (including phenoxy) is 2. The van der Waals surface area contributed by atoms with Gasteiger partial charge < -0.3 is 24.6 Å². The van der Waals surface area contributed by atoms with Gasteiger partial charge in [0, 0.05) is 44.5 Å². The first-order valence-electron chi connectivity index (χ1n) is 8.38. The second kappa shape index (κ2) is 7.76. The van der Waals surface area contributed by atoms with Crippen molar-refractivity contribution in [3.8, 4) is 5.88 Å². The Hall–Kier alpha value is -1.93. The van der Waals surface area contributed by atoms with Gasteiger partial charge in [0.2, 0.25) is 11.8 Å². The van der Waals surface area contributed by atoms with Crippen LogP contribution in [0.25, 0.3) is 0 Å². The lowest BCUT2D eigenvalue weighted by atomic mass is 10.0. The van der Waals surface area contributed by atoms with E-state index in [1.54, 1.807) is 19.4 Å². The van der Waals surface area contributed by atoms with Gasteiger partial charge in [0.1, 0.15) is 6.10 Å². The van der Waals surface area contributed by atoms with Crippen LogP contribution in [0.4, 0.5) is 5.95 Å². The molecule has 1 atom stereocenters. The highest BCUT2D eigenvalue weighted by molar-refractivity contribution is 5.81. The largest absolute Gasteiger partial charge is 0.481 e. The van der Waals surface area contributed by atoms with Crippen molar-refractivity contribution in [3.05, 3.63) is 12.3 Å². The first-order chi connectivity index (χ1) is 11.7. The first-order valence-corrected chi connectivity index (χ1v) is 8.38. The number of anilines is 1. The fourth-order valence-corrected chi connectivity index (χ4v) is 3.08. The van der Waals surface area contributed by atoms with Crippen molar-refractivity contribution in [1.82, 2.24) is 19.8 Å². The fourth-order valence-electron chi connectivity index (χ4n) is 3.08. The van der Waals surface area contributed by atoms with Crippen molar-refractivity contribution in [2.45, 2.75) is 25.0 Å². The van der Waals surface area contributed by atoms with Gasteiger partial charge in [0.15, 0.2) is 0 Å². The lowest BCUT2D eigenvalue weighted by molar-refractivity contribution is -0.149. The van der Waals surface area contributed by atoms with E-state index in [0.717, 1.165) is 32.5 Å². The predicted octanol–water partition coefficient (Wildman–Crippen LogP) is 0.219. The van der Waals surface area contributed by atoms with Crippen LogP contribution in [-0.4, -0.2) is 84.8 Å². The lowest BCUT2D eigenvalue weighted by Crippen LogP contribution is -2.52. The van der Waals surface area contributed by atoms with Gasteiger partial charge in [-0.2, -0.15) is 4.98 Å². The number of hydrogen-bond donors (Lipinski definition) is 1. The number of carbonyl (C=O) groups excluding carboxylic acids is 1. The molecule has 132 valence electrons. The van der Waals surface area contributed by atoms with Gasteiger partial charge in [-0.3, -0.25) is 4.79 Å². The number of methoxy groups -OCH3 is 1. The number of hydrogen-bond acceptors (Lipinski definition) is 7. The summed E-state index contributed by atoms with van der Waals surface area (Å²) >= 11 is 0. The number of nitrogens with zero attached hydrogens (tertiary/aromatic N) is 4. The van der Waals surface area contributed by atoms with E-state index in [1.807, 2.05) is 11.9 Å². The minimum atomic E-state index is -0.324. The number of likely N-dealkylation sites (tertiary alicyclic amines) is 1. The summed E-state index contributed by atoms with van der Waals surface area (Å²) < 4.78 is 10.7. The average Bonchev–Trinajstić information content (AvgIpc) is 2.62. The Bertz CT molecular complexity index is 562. The molecule has 1 amide bonds. The Kier molecular flexibility index (Phi) is 5.47. The standard InChI is InChI=1S/C16H25N5O3/c1-20-9-10-24-13(11-20)15(22)21-7-4-12(5-8-21)18-16-17-6-3-14(19-16)23-2/h3,6,12-13H,4-5,7-11H2,1-2H3,(H,17,18,19). The normalized spacial score (nSPS) is 23.1. The molecule has 0 aliphatic carbocycles. The number of amides is 1. The van der Waals surface area contributed by atoms with Gasteiger partial charge >= 0.3 is 0 Å². The van der Waals surface area contributed by atoms with Crippen LogP contribution in [0.15, 0.2) is 12.3 Å². The Morgan fingerprint density at radius 2 is 2.17 bits per heavy atom. The molecule has 24 heavy (non-hydrogen) atoms. The predicted molar refractivity (Wildman–Crippen MR) is 89.0 cm³/mol. The van der Waals surface area contributed by atoms with Crippen LogP contribution >= 0.6 is 0 Å². The van der Waals surface area contributed by atoms with Crippen LogP contribution in [-0.2, 0) is 9.53 Å². The lowest BCUT2D eigenvalue weighted by Gasteiger charge is -2.37. The molecule has 8 heteroatoms. The van der Waals surface area contributed by atoms with Crippen molar-refractivity contribution in [2.75, 3.05) is 52.3 Å². The molecule has 3 rings (SSSR count). The monoisotopic (exact) mass is 335 g/mol. The highest BCUT2D eigenvalue weighted by Crippen LogP contribution is 2.17. The van der Waals surface area contributed by atoms with Crippen molar-refractivity contribution in [3.63, 3.8) is 0 Å². The molecule has 0 spiro atoms. The third-order valence-corrected chi connectivity index (χ3v) is 4.52. The summed E-state index contributed by atoms with van der Waals surface area (Å²) in [7, 11) is 3.61. The molecule has 8 nitrogen and oxygen atoms in total. The van der Waals surface area contributed by atoms with Gasteiger partial charge in [-0.15, -0.1) is 0 Å². The quantitative estimate of drug-likeness (QED) is 0.843. The number of rotatable bonds is 4. The second-order valence-electron chi connectivity index (χ2n) is 6.29. The van der Waals surface area contributed by atoms with E-state index in [0.29, 0.717) is 25.0 Å². The molecule has 2 aliphatic rings. The minimum Gasteiger partial charge on any atom is -0.481 e. The van der Waals surface area contributed by atoms with E-state index in [1.165, 1.54) is 0 Å². The highest BCUT2D eigenvalue weighted by atomic mass is 16.5. The molecule has 0 radical (unpaired) electrons. The van der Waals surface area contributed by atoms with Crippen LogP contribution in [0.3, 0.4) is 0 Å². The molecule has 1 aromatic rings. The third-order valence-electron chi connectivity index (χ3n) is 4.52. The van der Waals surface area contributed by atoms with E-state index in [9.17, 15) is 4.79 Å². The molecule has 1 unspecified atom stereocenters. The van der Waals surface area contributed by atoms with Gasteiger partial charge in [-0.1, -0.05) is 0 Å². The minimum absolute atomic E-state index is 0.109. The first kappa shape index (κ1) is 16.9. The number of carbonyl (C=O) groups is 1. The second-order valence-corrected chi connectivity index (χ2v) is 6.29. The van der Waals surface area contributed by atoms with Crippen LogP contribution in [0.5, 0.6) is 5.88 Å². The molecule has 0 saturated carbocycles. The molecule has 3 heterocycles. The Morgan fingerprint density at radius 1 is 1.38 bits per heavy atom. The van der Waals surface area contributed by atoms with E-state index in [-0.39, 0.29) is 18.1 Å². The number of morpholine rings is 1. The molecule has 2 saturated heterocycles. The third kappa shape index (κ3) is 4.12. The van der Waals surface area contributed by atoms with Crippen molar-refractivity contribution in [2.24, 2.45) is 0 Å². The molecule has 0 aromatic carbocycles. The van der Waals surface area contributed by atoms with Crippen molar-refractivity contribution >= 4 is 11.9 Å². The fraction of sp³-hybridized carbons (Fsp3) is 0.688. The zero-order chi connectivity index (χ0) is 16.9. The average molecular weight is 335 g/mol. The van der Waals surface area contributed by atoms with Crippen molar-refractivity contribution < 1.29 is 14.3 Å². The highest BCUT2D eigenvalue weighted by Gasteiger charge is 2.31. The molecule has 0 bridgehead atoms. The summed E-state index contributed by atoms with van der Waals surface area (Å²) in [6, 6.07) is 1.98. The summed E-state index contributed by atoms with van der Waals surface area (Å²) in [5.41, 5.74) is 0. The summed E-state index contributed by atoms with van der Waals surface area (Å²) in [6.45, 7) is 3.64. The number of likely N-dealkylation sites (N-methyl/N-ethyl adjacent to an activating group) is 1. The smallest absolute Gasteiger partial charge is 0.253 e. The summed E-state index contributed by atoms with van der Waals surface area (Å²) in [6.07, 6.45) is 3.09. The Labute approximate surface area is 142 Å². The summed E-state index contributed by atoms with van der Waals surface area (Å²) in [5.74, 6) is 1.22. The van der Waals surface area contributed by atoms with Crippen LogP contribution in [0, 0.1) is 0 Å². The Morgan fingerprint density at radius 3 is 2.88 bits per heavy atom. The van der Waals surface area contributed by atoms with E-state index in [2.05, 4.69) is 20.2 Å². The van der Waals surface area contributed by atoms with Crippen LogP contribution < -0.4 is 10.1 Å². The van der Waals surface area contributed by atoms with E-state index in [4.69, 9.17) is 9.47 Å². The maximum absolute atomic E-state index is 12.6. The maximum Gasteiger partial charge on any atom is 0.253 e. The number of aromatic nitrogens is 2. The summed E-state index contributed by atoms with van der Waals surface area (Å²) in [4.78, 5) is 25.1. The zero-order valence-electron chi connectivity index (χ0n) is 14.3. The summed E-state index contributed by atoms with van der Waals surface area (Å²) in [5, 5.41) is 3.32. The number of nitrogens with one attached hydrogen (secondary N) is 1. The molecule has 1 aromatic heterocycles. The molecule has 2 fully saturated rings. The van der Waals surface area contributed by atoms with Gasteiger partial charge in [0.05, 0.1) is 13.7 Å². The van der Waals surface area contributed by atoms with Gasteiger partial charge in [-0.25, -0.2) is 4.98 Å². The molecular weight excluding hydrogens is 310 g/mol. The molecule has 1 N–H and O–H groups in total. The van der Waals surface area contributed by atoms with Crippen LogP contribution in [0.1, 0.15) is 12.8 Å². The Balaban J connectivity index is 1.49. The van der Waals surface area contributed by atoms with Gasteiger partial charge in [-0.05, 0) is 19.9 Å². The molecule has 2 aliphatic heterocycles.